The first-order valence-electron chi connectivity index (χ1n) is 5.77. The molecule has 1 N–H and O–H groups in total. The zero-order valence-corrected chi connectivity index (χ0v) is 9.06. The van der Waals surface area contributed by atoms with Crippen LogP contribution in [-0.2, 0) is 14.2 Å². The van der Waals surface area contributed by atoms with Crippen molar-refractivity contribution in [3.63, 3.8) is 0 Å². The van der Waals surface area contributed by atoms with E-state index < -0.39 is 0 Å². The maximum absolute atomic E-state index is 9.79. The molecule has 0 spiro atoms. The van der Waals surface area contributed by atoms with Gasteiger partial charge in [-0.2, -0.15) is 0 Å². The topological polar surface area (TPSA) is 47.9 Å². The molecule has 0 aliphatic carbocycles. The maximum Gasteiger partial charge on any atom is 0.0824 e. The van der Waals surface area contributed by atoms with Crippen LogP contribution in [-0.4, -0.2) is 50.9 Å². The molecule has 15 heavy (non-hydrogen) atoms. The van der Waals surface area contributed by atoms with Crippen LogP contribution in [0.3, 0.4) is 0 Å². The Morgan fingerprint density at radius 3 is 2.67 bits per heavy atom. The standard InChI is InChI=1S/C11H20O4/c12-11(10-2-4-14-7-10)8-15-6-9-1-3-13-5-9/h9-12H,1-8H2. The van der Waals surface area contributed by atoms with Crippen molar-refractivity contribution in [1.82, 2.24) is 0 Å². The van der Waals surface area contributed by atoms with E-state index in [4.69, 9.17) is 14.2 Å². The number of ether oxygens (including phenoxy) is 3. The lowest BCUT2D eigenvalue weighted by molar-refractivity contribution is -0.00942. The molecule has 2 aliphatic heterocycles. The van der Waals surface area contributed by atoms with Crippen LogP contribution in [0, 0.1) is 11.8 Å². The van der Waals surface area contributed by atoms with Crippen molar-refractivity contribution in [2.45, 2.75) is 18.9 Å². The highest BCUT2D eigenvalue weighted by Gasteiger charge is 2.24. The molecule has 2 rings (SSSR count). The van der Waals surface area contributed by atoms with Gasteiger partial charge in [0.25, 0.3) is 0 Å². The van der Waals surface area contributed by atoms with Crippen molar-refractivity contribution in [2.24, 2.45) is 11.8 Å². The Bertz CT molecular complexity index is 173. The predicted octanol–water partition coefficient (Wildman–Crippen LogP) is 0.437. The summed E-state index contributed by atoms with van der Waals surface area (Å²) in [6.45, 7) is 4.26. The van der Waals surface area contributed by atoms with Crippen LogP contribution in [0.15, 0.2) is 0 Å². The molecule has 88 valence electrons. The van der Waals surface area contributed by atoms with Crippen molar-refractivity contribution >= 4 is 0 Å². The first-order valence-corrected chi connectivity index (χ1v) is 5.77. The average molecular weight is 216 g/mol. The minimum Gasteiger partial charge on any atom is -0.390 e. The van der Waals surface area contributed by atoms with E-state index in [2.05, 4.69) is 0 Å². The van der Waals surface area contributed by atoms with Crippen LogP contribution >= 0.6 is 0 Å². The summed E-state index contributed by atoms with van der Waals surface area (Å²) in [5.74, 6) is 0.793. The number of rotatable bonds is 5. The van der Waals surface area contributed by atoms with Gasteiger partial charge in [0, 0.05) is 25.0 Å². The van der Waals surface area contributed by atoms with Crippen LogP contribution in [0.25, 0.3) is 0 Å². The van der Waals surface area contributed by atoms with Crippen molar-refractivity contribution < 1.29 is 19.3 Å². The van der Waals surface area contributed by atoms with Crippen LogP contribution in [0.1, 0.15) is 12.8 Å². The molecule has 0 bridgehead atoms. The Kier molecular flexibility index (Phi) is 4.38. The molecule has 2 saturated heterocycles. The fraction of sp³-hybridized carbons (Fsp3) is 1.00. The second-order valence-electron chi connectivity index (χ2n) is 4.46. The van der Waals surface area contributed by atoms with E-state index in [0.717, 1.165) is 32.7 Å². The number of aliphatic hydroxyl groups excluding tert-OH is 1. The van der Waals surface area contributed by atoms with E-state index >= 15 is 0 Å². The van der Waals surface area contributed by atoms with Gasteiger partial charge in [-0.3, -0.25) is 0 Å². The summed E-state index contributed by atoms with van der Waals surface area (Å²) in [5.41, 5.74) is 0. The van der Waals surface area contributed by atoms with Crippen molar-refractivity contribution in [3.05, 3.63) is 0 Å². The Morgan fingerprint density at radius 1 is 1.20 bits per heavy atom. The lowest BCUT2D eigenvalue weighted by atomic mass is 10.0. The minimum absolute atomic E-state index is 0.268. The van der Waals surface area contributed by atoms with Crippen LogP contribution < -0.4 is 0 Å². The first-order chi connectivity index (χ1) is 7.36. The zero-order valence-electron chi connectivity index (χ0n) is 9.06. The third kappa shape index (κ3) is 3.41. The highest BCUT2D eigenvalue weighted by Crippen LogP contribution is 2.18. The molecule has 3 atom stereocenters. The van der Waals surface area contributed by atoms with E-state index in [-0.39, 0.29) is 12.0 Å². The molecule has 3 unspecified atom stereocenters. The van der Waals surface area contributed by atoms with Gasteiger partial charge in [0.05, 0.1) is 32.5 Å². The number of aliphatic hydroxyl groups is 1. The maximum atomic E-state index is 9.79. The van der Waals surface area contributed by atoms with Gasteiger partial charge in [-0.15, -0.1) is 0 Å². The highest BCUT2D eigenvalue weighted by molar-refractivity contribution is 4.72. The lowest BCUT2D eigenvalue weighted by Crippen LogP contribution is -2.27. The van der Waals surface area contributed by atoms with Crippen LogP contribution in [0.2, 0.25) is 0 Å². The molecule has 2 aliphatic rings. The van der Waals surface area contributed by atoms with E-state index in [1.807, 2.05) is 0 Å². The van der Waals surface area contributed by atoms with E-state index in [1.165, 1.54) is 0 Å². The first kappa shape index (κ1) is 11.3. The van der Waals surface area contributed by atoms with E-state index in [0.29, 0.717) is 25.7 Å². The van der Waals surface area contributed by atoms with Gasteiger partial charge < -0.3 is 19.3 Å². The second-order valence-corrected chi connectivity index (χ2v) is 4.46. The highest BCUT2D eigenvalue weighted by atomic mass is 16.5. The van der Waals surface area contributed by atoms with Crippen LogP contribution in [0.4, 0.5) is 0 Å². The SMILES string of the molecule is OC(COCC1CCOC1)C1CCOC1. The molecule has 2 fully saturated rings. The summed E-state index contributed by atoms with van der Waals surface area (Å²) in [6.07, 6.45) is 1.68. The largest absolute Gasteiger partial charge is 0.390 e. The average Bonchev–Trinajstić information content (AvgIpc) is 2.90. The fourth-order valence-electron chi connectivity index (χ4n) is 2.06. The monoisotopic (exact) mass is 216 g/mol. The van der Waals surface area contributed by atoms with Gasteiger partial charge in [-0.05, 0) is 12.8 Å². The molecule has 0 saturated carbocycles. The van der Waals surface area contributed by atoms with Gasteiger partial charge in [0.2, 0.25) is 0 Å². The minimum atomic E-state index is -0.366. The lowest BCUT2D eigenvalue weighted by Gasteiger charge is -2.17. The van der Waals surface area contributed by atoms with E-state index in [1.54, 1.807) is 0 Å². The van der Waals surface area contributed by atoms with Crippen molar-refractivity contribution in [1.29, 1.82) is 0 Å². The number of hydrogen-bond acceptors (Lipinski definition) is 4. The molecule has 2 heterocycles. The molecule has 0 aromatic carbocycles. The third-order valence-electron chi connectivity index (χ3n) is 3.18. The molecule has 4 nitrogen and oxygen atoms in total. The fourth-order valence-corrected chi connectivity index (χ4v) is 2.06. The summed E-state index contributed by atoms with van der Waals surface area (Å²) in [6, 6.07) is 0. The molecule has 4 heteroatoms. The summed E-state index contributed by atoms with van der Waals surface area (Å²) < 4.78 is 16.0. The Hall–Kier alpha value is -0.160. The van der Waals surface area contributed by atoms with Gasteiger partial charge in [-0.25, -0.2) is 0 Å². The third-order valence-corrected chi connectivity index (χ3v) is 3.18. The molecule has 0 radical (unpaired) electrons. The Balaban J connectivity index is 1.56. The molecular weight excluding hydrogens is 196 g/mol. The van der Waals surface area contributed by atoms with Gasteiger partial charge in [-0.1, -0.05) is 0 Å². The van der Waals surface area contributed by atoms with E-state index in [9.17, 15) is 5.11 Å². The van der Waals surface area contributed by atoms with Gasteiger partial charge >= 0.3 is 0 Å². The summed E-state index contributed by atoms with van der Waals surface area (Å²) in [7, 11) is 0. The second kappa shape index (κ2) is 5.80. The van der Waals surface area contributed by atoms with Gasteiger partial charge in [0.15, 0.2) is 0 Å². The van der Waals surface area contributed by atoms with Crippen molar-refractivity contribution in [2.75, 3.05) is 39.6 Å². The smallest absolute Gasteiger partial charge is 0.0824 e. The quantitative estimate of drug-likeness (QED) is 0.724. The zero-order chi connectivity index (χ0) is 10.5. The molecular formula is C11H20O4. The van der Waals surface area contributed by atoms with Crippen LogP contribution in [0.5, 0.6) is 0 Å². The summed E-state index contributed by atoms with van der Waals surface area (Å²) in [4.78, 5) is 0. The molecule has 0 aromatic heterocycles. The Morgan fingerprint density at radius 2 is 2.00 bits per heavy atom. The molecule has 0 aromatic rings. The normalized spacial score (nSPS) is 33.4. The van der Waals surface area contributed by atoms with Gasteiger partial charge in [0.1, 0.15) is 0 Å². The summed E-state index contributed by atoms with van der Waals surface area (Å²) >= 11 is 0. The number of hydrogen-bond donors (Lipinski definition) is 1. The predicted molar refractivity (Wildman–Crippen MR) is 54.7 cm³/mol. The molecule has 0 amide bonds. The Labute approximate surface area is 90.5 Å². The summed E-state index contributed by atoms with van der Waals surface area (Å²) in [5, 5.41) is 9.79. The van der Waals surface area contributed by atoms with Crippen molar-refractivity contribution in [3.8, 4) is 0 Å².